The maximum Gasteiger partial charge on any atom is 0.152 e. The summed E-state index contributed by atoms with van der Waals surface area (Å²) in [5.41, 5.74) is 0. The van der Waals surface area contributed by atoms with Crippen LogP contribution in [0, 0.1) is 0 Å². The third kappa shape index (κ3) is 4.98. The van der Waals surface area contributed by atoms with Crippen molar-refractivity contribution in [1.82, 2.24) is 5.32 Å². The van der Waals surface area contributed by atoms with E-state index in [9.17, 15) is 8.42 Å². The summed E-state index contributed by atoms with van der Waals surface area (Å²) in [6, 6.07) is 0.733. The topological polar surface area (TPSA) is 46.2 Å². The van der Waals surface area contributed by atoms with Crippen LogP contribution < -0.4 is 5.32 Å². The van der Waals surface area contributed by atoms with Crippen LogP contribution >= 0.6 is 0 Å². The van der Waals surface area contributed by atoms with Gasteiger partial charge in [0.2, 0.25) is 0 Å². The molecule has 90 valence electrons. The Bertz CT molecular complexity index is 270. The van der Waals surface area contributed by atoms with Gasteiger partial charge < -0.3 is 5.32 Å². The molecule has 0 amide bonds. The molecule has 4 heteroatoms. The Hall–Kier alpha value is -0.0900. The van der Waals surface area contributed by atoms with Crippen LogP contribution in [-0.4, -0.2) is 32.0 Å². The molecule has 0 aliphatic heterocycles. The van der Waals surface area contributed by atoms with Crippen LogP contribution in [0.2, 0.25) is 0 Å². The molecular formula is C11H23NO2S. The Balaban J connectivity index is 2.06. The van der Waals surface area contributed by atoms with Gasteiger partial charge in [0.1, 0.15) is 0 Å². The summed E-state index contributed by atoms with van der Waals surface area (Å²) >= 11 is 0. The summed E-state index contributed by atoms with van der Waals surface area (Å²) in [5.74, 6) is 0.356. The normalized spacial score (nSPS) is 19.1. The zero-order valence-electron chi connectivity index (χ0n) is 9.83. The largest absolute Gasteiger partial charge is 0.314 e. The van der Waals surface area contributed by atoms with E-state index in [1.807, 2.05) is 6.92 Å². The molecule has 0 bridgehead atoms. The molecule has 0 radical (unpaired) electrons. The van der Waals surface area contributed by atoms with Crippen molar-refractivity contribution in [3.63, 3.8) is 0 Å². The molecule has 1 N–H and O–H groups in total. The van der Waals surface area contributed by atoms with E-state index in [1.54, 1.807) is 6.92 Å². The second-order valence-corrected chi connectivity index (χ2v) is 7.06. The van der Waals surface area contributed by atoms with Crippen LogP contribution in [0.15, 0.2) is 0 Å². The second kappa shape index (κ2) is 5.85. The van der Waals surface area contributed by atoms with Gasteiger partial charge in [-0.15, -0.1) is 0 Å². The molecule has 1 saturated carbocycles. The van der Waals surface area contributed by atoms with Crippen LogP contribution in [0.5, 0.6) is 0 Å². The highest BCUT2D eigenvalue weighted by atomic mass is 32.2. The molecule has 1 atom stereocenters. The lowest BCUT2D eigenvalue weighted by molar-refractivity contribution is 0.572. The molecule has 0 aromatic rings. The molecule has 1 fully saturated rings. The van der Waals surface area contributed by atoms with Crippen LogP contribution in [0.4, 0.5) is 0 Å². The lowest BCUT2D eigenvalue weighted by Gasteiger charge is -2.10. The quantitative estimate of drug-likeness (QED) is 0.649. The van der Waals surface area contributed by atoms with Crippen LogP contribution in [0.25, 0.3) is 0 Å². The van der Waals surface area contributed by atoms with Gasteiger partial charge in [-0.1, -0.05) is 6.92 Å². The van der Waals surface area contributed by atoms with Gasteiger partial charge >= 0.3 is 0 Å². The monoisotopic (exact) mass is 233 g/mol. The van der Waals surface area contributed by atoms with E-state index in [-0.39, 0.29) is 5.25 Å². The first-order chi connectivity index (χ1) is 7.06. The second-order valence-electron chi connectivity index (χ2n) is 4.52. The van der Waals surface area contributed by atoms with Gasteiger partial charge in [-0.2, -0.15) is 0 Å². The van der Waals surface area contributed by atoms with E-state index in [0.717, 1.165) is 31.8 Å². The van der Waals surface area contributed by atoms with Gasteiger partial charge in [0.05, 0.1) is 11.0 Å². The molecule has 0 heterocycles. The molecule has 1 unspecified atom stereocenters. The first-order valence-corrected chi connectivity index (χ1v) is 7.72. The predicted molar refractivity (Wildman–Crippen MR) is 63.8 cm³/mol. The van der Waals surface area contributed by atoms with E-state index in [1.165, 1.54) is 12.8 Å². The highest BCUT2D eigenvalue weighted by molar-refractivity contribution is 7.91. The van der Waals surface area contributed by atoms with E-state index in [0.29, 0.717) is 5.75 Å². The number of unbranched alkanes of at least 4 members (excludes halogenated alkanes) is 1. The van der Waals surface area contributed by atoms with E-state index < -0.39 is 9.84 Å². The summed E-state index contributed by atoms with van der Waals surface area (Å²) in [5, 5.41) is 3.22. The maximum absolute atomic E-state index is 11.7. The average molecular weight is 233 g/mol. The summed E-state index contributed by atoms with van der Waals surface area (Å²) < 4.78 is 23.3. The number of hydrogen-bond donors (Lipinski definition) is 1. The number of rotatable bonds is 8. The zero-order valence-corrected chi connectivity index (χ0v) is 10.6. The third-order valence-electron chi connectivity index (χ3n) is 3.05. The minimum absolute atomic E-state index is 0.172. The molecule has 0 aromatic carbocycles. The van der Waals surface area contributed by atoms with Crippen LogP contribution in [0.1, 0.15) is 46.0 Å². The number of sulfone groups is 1. The SMILES string of the molecule is CCC(C)S(=O)(=O)CCCCNC1CC1. The van der Waals surface area contributed by atoms with Crippen molar-refractivity contribution < 1.29 is 8.42 Å². The van der Waals surface area contributed by atoms with Gasteiger partial charge in [0, 0.05) is 6.04 Å². The number of hydrogen-bond acceptors (Lipinski definition) is 3. The van der Waals surface area contributed by atoms with Crippen molar-refractivity contribution in [3.05, 3.63) is 0 Å². The minimum atomic E-state index is -2.82. The molecule has 15 heavy (non-hydrogen) atoms. The van der Waals surface area contributed by atoms with E-state index in [4.69, 9.17) is 0 Å². The molecule has 1 rings (SSSR count). The first kappa shape index (κ1) is 13.0. The Morgan fingerprint density at radius 1 is 1.33 bits per heavy atom. The van der Waals surface area contributed by atoms with E-state index in [2.05, 4.69) is 5.32 Å². The molecule has 1 aliphatic carbocycles. The molecule has 0 saturated heterocycles. The maximum atomic E-state index is 11.7. The van der Waals surface area contributed by atoms with Crippen LogP contribution in [0.3, 0.4) is 0 Å². The van der Waals surface area contributed by atoms with Crippen molar-refractivity contribution in [2.45, 2.75) is 57.2 Å². The Kier molecular flexibility index (Phi) is 5.06. The Morgan fingerprint density at radius 3 is 2.53 bits per heavy atom. The highest BCUT2D eigenvalue weighted by Gasteiger charge is 2.20. The molecule has 0 spiro atoms. The zero-order chi connectivity index (χ0) is 11.3. The van der Waals surface area contributed by atoms with Gasteiger partial charge in [-0.3, -0.25) is 0 Å². The van der Waals surface area contributed by atoms with Gasteiger partial charge in [-0.05, 0) is 45.6 Å². The molecule has 0 aromatic heterocycles. The lowest BCUT2D eigenvalue weighted by atomic mass is 10.3. The van der Waals surface area contributed by atoms with Gasteiger partial charge in [-0.25, -0.2) is 8.42 Å². The van der Waals surface area contributed by atoms with Gasteiger partial charge in [0.15, 0.2) is 9.84 Å². The van der Waals surface area contributed by atoms with Crippen molar-refractivity contribution in [3.8, 4) is 0 Å². The first-order valence-electron chi connectivity index (χ1n) is 6.01. The average Bonchev–Trinajstić information content (AvgIpc) is 2.99. The highest BCUT2D eigenvalue weighted by Crippen LogP contribution is 2.18. The van der Waals surface area contributed by atoms with Crippen molar-refractivity contribution in [2.75, 3.05) is 12.3 Å². The molecule has 1 aliphatic rings. The Morgan fingerprint density at radius 2 is 2.00 bits per heavy atom. The van der Waals surface area contributed by atoms with Crippen molar-refractivity contribution >= 4 is 9.84 Å². The summed E-state index contributed by atoms with van der Waals surface area (Å²) in [6.07, 6.45) is 5.09. The summed E-state index contributed by atoms with van der Waals surface area (Å²) in [4.78, 5) is 0. The molecular weight excluding hydrogens is 210 g/mol. The third-order valence-corrected chi connectivity index (χ3v) is 5.47. The van der Waals surface area contributed by atoms with Gasteiger partial charge in [0.25, 0.3) is 0 Å². The predicted octanol–water partition coefficient (Wildman–Crippen LogP) is 1.73. The fourth-order valence-corrected chi connectivity index (χ4v) is 2.99. The fraction of sp³-hybridized carbons (Fsp3) is 1.00. The fourth-order valence-electron chi connectivity index (χ4n) is 1.48. The summed E-state index contributed by atoms with van der Waals surface area (Å²) in [7, 11) is -2.82. The lowest BCUT2D eigenvalue weighted by Crippen LogP contribution is -2.22. The summed E-state index contributed by atoms with van der Waals surface area (Å²) in [6.45, 7) is 4.70. The van der Waals surface area contributed by atoms with E-state index >= 15 is 0 Å². The van der Waals surface area contributed by atoms with Crippen molar-refractivity contribution in [2.24, 2.45) is 0 Å². The number of nitrogens with one attached hydrogen (secondary N) is 1. The smallest absolute Gasteiger partial charge is 0.152 e. The standard InChI is InChI=1S/C11H23NO2S/c1-3-10(2)15(13,14)9-5-4-8-12-11-6-7-11/h10-12H,3-9H2,1-2H3. The molecule has 3 nitrogen and oxygen atoms in total. The van der Waals surface area contributed by atoms with Crippen LogP contribution in [-0.2, 0) is 9.84 Å². The minimum Gasteiger partial charge on any atom is -0.314 e. The Labute approximate surface area is 93.6 Å². The van der Waals surface area contributed by atoms with Crippen molar-refractivity contribution in [1.29, 1.82) is 0 Å².